The van der Waals surface area contributed by atoms with Crippen LogP contribution in [-0.4, -0.2) is 43.0 Å². The summed E-state index contributed by atoms with van der Waals surface area (Å²) in [4.78, 5) is 9.84. The topological polar surface area (TPSA) is 18.8 Å². The molecule has 0 N–H and O–H groups in total. The number of hydrogen-bond acceptors (Lipinski definition) is 3. The highest BCUT2D eigenvalue weighted by Gasteiger charge is 2.25. The number of anilines is 1. The van der Waals surface area contributed by atoms with Crippen molar-refractivity contribution >= 4 is 35.4 Å². The van der Waals surface area contributed by atoms with Crippen molar-refractivity contribution in [3.63, 3.8) is 0 Å². The van der Waals surface area contributed by atoms with Crippen LogP contribution in [0, 0.1) is 0 Å². The Bertz CT molecular complexity index is 742. The van der Waals surface area contributed by atoms with Crippen molar-refractivity contribution in [2.75, 3.05) is 31.1 Å². The van der Waals surface area contributed by atoms with Gasteiger partial charge in [0, 0.05) is 28.4 Å². The summed E-state index contributed by atoms with van der Waals surface area (Å²) in [6.07, 6.45) is 0.320. The van der Waals surface area contributed by atoms with Gasteiger partial charge in [0.15, 0.2) is 0 Å². The Morgan fingerprint density at radius 1 is 1.12 bits per heavy atom. The molecule has 0 saturated carbocycles. The van der Waals surface area contributed by atoms with Crippen LogP contribution in [-0.2, 0) is 0 Å². The number of hydrogen-bond donors (Lipinski definition) is 0. The molecule has 3 nitrogen and oxygen atoms in total. The molecule has 140 valence electrons. The van der Waals surface area contributed by atoms with Gasteiger partial charge < -0.3 is 4.90 Å². The third-order valence-corrected chi connectivity index (χ3v) is 5.21. The number of halogens is 2. The Morgan fingerprint density at radius 3 is 2.46 bits per heavy atom. The van der Waals surface area contributed by atoms with Crippen molar-refractivity contribution in [3.05, 3.63) is 64.7 Å². The zero-order chi connectivity index (χ0) is 17.8. The van der Waals surface area contributed by atoms with Crippen LogP contribution in [0.2, 0.25) is 5.02 Å². The molecule has 5 heteroatoms. The summed E-state index contributed by atoms with van der Waals surface area (Å²) in [7, 11) is 0. The van der Waals surface area contributed by atoms with E-state index in [0.717, 1.165) is 48.0 Å². The normalized spacial score (nSPS) is 15.0. The summed E-state index contributed by atoms with van der Waals surface area (Å²) < 4.78 is 0. The largest absolute Gasteiger partial charge is 0.354 e. The van der Waals surface area contributed by atoms with E-state index < -0.39 is 0 Å². The average Bonchev–Trinajstić information content (AvgIpc) is 2.82. The molecule has 0 bridgehead atoms. The molecule has 0 aliphatic carbocycles. The fourth-order valence-corrected chi connectivity index (χ4v) is 3.78. The highest BCUT2D eigenvalue weighted by atomic mass is 35.5. The Labute approximate surface area is 168 Å². The van der Waals surface area contributed by atoms with Crippen LogP contribution in [0.5, 0.6) is 0 Å². The first kappa shape index (κ1) is 20.8. The maximum absolute atomic E-state index is 6.34. The van der Waals surface area contributed by atoms with Crippen molar-refractivity contribution in [1.82, 2.24) is 4.90 Å². The Morgan fingerprint density at radius 2 is 1.81 bits per heavy atom. The molecular weight excluding hydrogens is 365 g/mol. The third kappa shape index (κ3) is 4.22. The van der Waals surface area contributed by atoms with Gasteiger partial charge in [-0.25, -0.2) is 0 Å². The lowest BCUT2D eigenvalue weighted by molar-refractivity contribution is 0.225. The predicted octanol–water partition coefficient (Wildman–Crippen LogP) is 5.11. The molecular formula is C21H27Cl2N3. The molecule has 0 aromatic heterocycles. The standard InChI is InChI=1S/C21H26ClN3.ClH/c1-4-24(5-2)16(3)25-14-13-23-21(17-9-7-6-8-10-17)19-15-18(22)11-12-20(19)25;/h6-12,15-16H,4-5,13-14H2,1-3H3;1H. The molecule has 0 amide bonds. The van der Waals surface area contributed by atoms with E-state index in [2.05, 4.69) is 67.0 Å². The maximum Gasteiger partial charge on any atom is 0.0792 e. The van der Waals surface area contributed by atoms with E-state index in [0.29, 0.717) is 6.17 Å². The van der Waals surface area contributed by atoms with E-state index in [1.165, 1.54) is 5.69 Å². The lowest BCUT2D eigenvalue weighted by Crippen LogP contribution is -2.47. The fourth-order valence-electron chi connectivity index (χ4n) is 3.60. The summed E-state index contributed by atoms with van der Waals surface area (Å²) in [5.74, 6) is 0. The molecule has 26 heavy (non-hydrogen) atoms. The van der Waals surface area contributed by atoms with Gasteiger partial charge in [-0.05, 0) is 38.2 Å². The van der Waals surface area contributed by atoms with Crippen molar-refractivity contribution in [2.45, 2.75) is 26.9 Å². The summed E-state index contributed by atoms with van der Waals surface area (Å²) in [6, 6.07) is 16.6. The maximum atomic E-state index is 6.34. The SMILES string of the molecule is CCN(CC)C(C)N1CCN=C(c2ccccc2)c2cc(Cl)ccc21.Cl. The number of benzene rings is 2. The highest BCUT2D eigenvalue weighted by molar-refractivity contribution is 6.31. The molecule has 3 rings (SSSR count). The van der Waals surface area contributed by atoms with Crippen molar-refractivity contribution in [2.24, 2.45) is 4.99 Å². The second-order valence-corrected chi connectivity index (χ2v) is 6.74. The minimum absolute atomic E-state index is 0. The third-order valence-electron chi connectivity index (χ3n) is 4.97. The lowest BCUT2D eigenvalue weighted by atomic mass is 10.00. The van der Waals surface area contributed by atoms with Crippen LogP contribution < -0.4 is 4.90 Å². The van der Waals surface area contributed by atoms with Crippen LogP contribution in [0.3, 0.4) is 0 Å². The molecule has 0 saturated heterocycles. The van der Waals surface area contributed by atoms with E-state index in [1.807, 2.05) is 12.1 Å². The van der Waals surface area contributed by atoms with E-state index in [-0.39, 0.29) is 12.4 Å². The molecule has 1 unspecified atom stereocenters. The number of benzodiazepines with no additional fused rings is 1. The quantitative estimate of drug-likeness (QED) is 0.705. The Balaban J connectivity index is 0.00000243. The average molecular weight is 392 g/mol. The molecule has 1 heterocycles. The van der Waals surface area contributed by atoms with Gasteiger partial charge in [-0.2, -0.15) is 0 Å². The van der Waals surface area contributed by atoms with Crippen molar-refractivity contribution < 1.29 is 0 Å². The molecule has 2 aromatic carbocycles. The lowest BCUT2D eigenvalue weighted by Gasteiger charge is -2.38. The minimum atomic E-state index is 0. The van der Waals surface area contributed by atoms with E-state index in [4.69, 9.17) is 16.6 Å². The Kier molecular flexibility index (Phi) is 7.51. The van der Waals surface area contributed by atoms with Gasteiger partial charge >= 0.3 is 0 Å². The van der Waals surface area contributed by atoms with Crippen LogP contribution >= 0.6 is 24.0 Å². The molecule has 2 aromatic rings. The van der Waals surface area contributed by atoms with E-state index in [1.54, 1.807) is 0 Å². The Hall–Kier alpha value is -1.55. The molecule has 1 atom stereocenters. The second kappa shape index (κ2) is 9.40. The molecule has 1 aliphatic heterocycles. The van der Waals surface area contributed by atoms with Gasteiger partial charge in [0.05, 0.1) is 18.4 Å². The van der Waals surface area contributed by atoms with Gasteiger partial charge in [-0.1, -0.05) is 55.8 Å². The zero-order valence-electron chi connectivity index (χ0n) is 15.7. The van der Waals surface area contributed by atoms with Crippen LogP contribution in [0.4, 0.5) is 5.69 Å². The van der Waals surface area contributed by atoms with Gasteiger partial charge in [-0.3, -0.25) is 9.89 Å². The first-order valence-corrected chi connectivity index (χ1v) is 9.44. The number of nitrogens with zero attached hydrogens (tertiary/aromatic N) is 3. The van der Waals surface area contributed by atoms with Gasteiger partial charge in [0.25, 0.3) is 0 Å². The number of aliphatic imine (C=N–C) groups is 1. The zero-order valence-corrected chi connectivity index (χ0v) is 17.2. The summed E-state index contributed by atoms with van der Waals surface area (Å²) in [6.45, 7) is 10.5. The minimum Gasteiger partial charge on any atom is -0.354 e. The summed E-state index contributed by atoms with van der Waals surface area (Å²) >= 11 is 6.34. The predicted molar refractivity (Wildman–Crippen MR) is 115 cm³/mol. The van der Waals surface area contributed by atoms with Crippen LogP contribution in [0.1, 0.15) is 31.9 Å². The summed E-state index contributed by atoms with van der Waals surface area (Å²) in [5, 5.41) is 0.750. The first-order chi connectivity index (χ1) is 12.2. The van der Waals surface area contributed by atoms with Gasteiger partial charge in [0.1, 0.15) is 0 Å². The van der Waals surface area contributed by atoms with Crippen molar-refractivity contribution in [3.8, 4) is 0 Å². The smallest absolute Gasteiger partial charge is 0.0792 e. The van der Waals surface area contributed by atoms with Crippen molar-refractivity contribution in [1.29, 1.82) is 0 Å². The first-order valence-electron chi connectivity index (χ1n) is 9.06. The van der Waals surface area contributed by atoms with Crippen LogP contribution in [0.25, 0.3) is 0 Å². The molecule has 0 radical (unpaired) electrons. The number of fused-ring (bicyclic) bond motifs is 1. The van der Waals surface area contributed by atoms with E-state index >= 15 is 0 Å². The fraction of sp³-hybridized carbons (Fsp3) is 0.381. The molecule has 1 aliphatic rings. The van der Waals surface area contributed by atoms with E-state index in [9.17, 15) is 0 Å². The van der Waals surface area contributed by atoms with Gasteiger partial charge in [-0.15, -0.1) is 12.4 Å². The highest BCUT2D eigenvalue weighted by Crippen LogP contribution is 2.31. The van der Waals surface area contributed by atoms with Crippen LogP contribution in [0.15, 0.2) is 53.5 Å². The molecule has 0 spiro atoms. The van der Waals surface area contributed by atoms with Gasteiger partial charge in [0.2, 0.25) is 0 Å². The number of rotatable bonds is 5. The summed E-state index contributed by atoms with van der Waals surface area (Å²) in [5.41, 5.74) is 4.51. The monoisotopic (exact) mass is 391 g/mol. The molecule has 0 fully saturated rings. The second-order valence-electron chi connectivity index (χ2n) is 6.30.